The largest absolute Gasteiger partial charge is 0.344 e. The Morgan fingerprint density at radius 2 is 2.03 bits per heavy atom. The summed E-state index contributed by atoms with van der Waals surface area (Å²) in [5.41, 5.74) is 3.24. The summed E-state index contributed by atoms with van der Waals surface area (Å²) in [6.07, 6.45) is 7.40. The van der Waals surface area contributed by atoms with E-state index in [1.807, 2.05) is 53.6 Å². The molecule has 0 saturated carbocycles. The minimum absolute atomic E-state index is 0. The highest BCUT2D eigenvalue weighted by Crippen LogP contribution is 2.21. The maximum absolute atomic E-state index is 12.8. The standard InChI is InChI=1S/C20H25N7O.2ClH/c1-14(16-4-3-5-18(12-16)26-11-10-22-13-26)23-20(28)19-15(2)27(25-24-19)17-6-8-21-9-7-17;;/h3-5,10-14,17,21H,6-9H2,1-2H3,(H,23,28);2*1H. The van der Waals surface area contributed by atoms with E-state index >= 15 is 0 Å². The average Bonchev–Trinajstić information content (AvgIpc) is 3.39. The number of carbonyl (C=O) groups excluding carboxylic acids is 1. The Balaban J connectivity index is 0.00000160. The Bertz CT molecular complexity index is 952. The summed E-state index contributed by atoms with van der Waals surface area (Å²) in [5.74, 6) is -0.196. The topological polar surface area (TPSA) is 89.7 Å². The van der Waals surface area contributed by atoms with Crippen LogP contribution in [-0.4, -0.2) is 43.5 Å². The van der Waals surface area contributed by atoms with Crippen LogP contribution in [0.1, 0.15) is 53.6 Å². The van der Waals surface area contributed by atoms with Crippen molar-refractivity contribution in [1.82, 2.24) is 35.2 Å². The lowest BCUT2D eigenvalue weighted by Crippen LogP contribution is -2.31. The highest BCUT2D eigenvalue weighted by molar-refractivity contribution is 5.93. The third kappa shape index (κ3) is 5.00. The van der Waals surface area contributed by atoms with E-state index in [4.69, 9.17) is 0 Å². The number of aromatic nitrogens is 5. The van der Waals surface area contributed by atoms with Crippen molar-refractivity contribution in [1.29, 1.82) is 0 Å². The summed E-state index contributed by atoms with van der Waals surface area (Å²) in [7, 11) is 0. The van der Waals surface area contributed by atoms with Crippen molar-refractivity contribution in [3.05, 3.63) is 59.9 Å². The molecule has 1 amide bonds. The zero-order valence-corrected chi connectivity index (χ0v) is 18.6. The molecule has 3 aromatic rings. The lowest BCUT2D eigenvalue weighted by atomic mass is 10.1. The maximum atomic E-state index is 12.8. The number of amides is 1. The molecule has 162 valence electrons. The molecule has 0 aliphatic carbocycles. The number of hydrogen-bond donors (Lipinski definition) is 2. The fourth-order valence-electron chi connectivity index (χ4n) is 3.66. The predicted octanol–water partition coefficient (Wildman–Crippen LogP) is 3.03. The van der Waals surface area contributed by atoms with Crippen LogP contribution in [0.2, 0.25) is 0 Å². The Labute approximate surface area is 188 Å². The Hall–Kier alpha value is -2.42. The average molecular weight is 452 g/mol. The van der Waals surface area contributed by atoms with Crippen molar-refractivity contribution in [2.75, 3.05) is 13.1 Å². The second kappa shape index (κ2) is 10.6. The monoisotopic (exact) mass is 451 g/mol. The molecule has 1 saturated heterocycles. The van der Waals surface area contributed by atoms with E-state index in [1.165, 1.54) is 0 Å². The van der Waals surface area contributed by atoms with E-state index in [-0.39, 0.29) is 36.8 Å². The third-order valence-electron chi connectivity index (χ3n) is 5.32. The second-order valence-electron chi connectivity index (χ2n) is 7.21. The first-order valence-electron chi connectivity index (χ1n) is 9.65. The molecule has 2 N–H and O–H groups in total. The van der Waals surface area contributed by atoms with Crippen LogP contribution in [0.15, 0.2) is 43.0 Å². The highest BCUT2D eigenvalue weighted by Gasteiger charge is 2.23. The van der Waals surface area contributed by atoms with Gasteiger partial charge in [0.1, 0.15) is 0 Å². The van der Waals surface area contributed by atoms with Crippen molar-refractivity contribution >= 4 is 30.7 Å². The van der Waals surface area contributed by atoms with Gasteiger partial charge in [-0.25, -0.2) is 9.67 Å². The first-order chi connectivity index (χ1) is 13.6. The van der Waals surface area contributed by atoms with Gasteiger partial charge >= 0.3 is 0 Å². The van der Waals surface area contributed by atoms with E-state index in [0.29, 0.717) is 11.7 Å². The van der Waals surface area contributed by atoms with Crippen molar-refractivity contribution < 1.29 is 4.79 Å². The zero-order valence-electron chi connectivity index (χ0n) is 17.0. The molecule has 8 nitrogen and oxygen atoms in total. The van der Waals surface area contributed by atoms with E-state index in [9.17, 15) is 4.79 Å². The van der Waals surface area contributed by atoms with Gasteiger partial charge in [-0.15, -0.1) is 29.9 Å². The van der Waals surface area contributed by atoms with Crippen LogP contribution in [0.4, 0.5) is 0 Å². The SMILES string of the molecule is Cc1c(C(=O)NC(C)c2cccc(-n3ccnc3)c2)nnn1C1CCNCC1.Cl.Cl. The molecule has 0 spiro atoms. The van der Waals surface area contributed by atoms with E-state index in [2.05, 4.69) is 25.9 Å². The van der Waals surface area contributed by atoms with Gasteiger partial charge in [0.25, 0.3) is 5.91 Å². The molecule has 1 aliphatic heterocycles. The minimum atomic E-state index is -0.196. The minimum Gasteiger partial charge on any atom is -0.344 e. The number of hydrogen-bond acceptors (Lipinski definition) is 5. The van der Waals surface area contributed by atoms with Crippen LogP contribution < -0.4 is 10.6 Å². The number of rotatable bonds is 5. The van der Waals surface area contributed by atoms with Crippen molar-refractivity contribution in [2.24, 2.45) is 0 Å². The first kappa shape index (κ1) is 23.9. The summed E-state index contributed by atoms with van der Waals surface area (Å²) in [4.78, 5) is 16.9. The van der Waals surface area contributed by atoms with Gasteiger partial charge in [0.15, 0.2) is 5.69 Å². The molecule has 1 unspecified atom stereocenters. The highest BCUT2D eigenvalue weighted by atomic mass is 35.5. The molecular weight excluding hydrogens is 425 g/mol. The molecular formula is C20H27Cl2N7O. The predicted molar refractivity (Wildman–Crippen MR) is 120 cm³/mol. The van der Waals surface area contributed by atoms with Crippen LogP contribution in [0.3, 0.4) is 0 Å². The molecule has 1 fully saturated rings. The van der Waals surface area contributed by atoms with Crippen LogP contribution in [0, 0.1) is 6.92 Å². The van der Waals surface area contributed by atoms with Gasteiger partial charge < -0.3 is 15.2 Å². The van der Waals surface area contributed by atoms with Gasteiger partial charge in [-0.2, -0.15) is 0 Å². The first-order valence-corrected chi connectivity index (χ1v) is 9.65. The van der Waals surface area contributed by atoms with Gasteiger partial charge in [0.05, 0.1) is 24.1 Å². The fourth-order valence-corrected chi connectivity index (χ4v) is 3.66. The lowest BCUT2D eigenvalue weighted by molar-refractivity contribution is 0.0934. The fraction of sp³-hybridized carbons (Fsp3) is 0.400. The van der Waals surface area contributed by atoms with Gasteiger partial charge in [0.2, 0.25) is 0 Å². The number of imidazole rings is 1. The molecule has 30 heavy (non-hydrogen) atoms. The van der Waals surface area contributed by atoms with Crippen LogP contribution in [0.5, 0.6) is 0 Å². The molecule has 0 bridgehead atoms. The van der Waals surface area contributed by atoms with Crippen molar-refractivity contribution in [3.63, 3.8) is 0 Å². The van der Waals surface area contributed by atoms with Crippen LogP contribution in [-0.2, 0) is 0 Å². The van der Waals surface area contributed by atoms with Gasteiger partial charge in [-0.05, 0) is 57.5 Å². The molecule has 2 aromatic heterocycles. The van der Waals surface area contributed by atoms with Gasteiger partial charge in [-0.3, -0.25) is 4.79 Å². The van der Waals surface area contributed by atoms with Crippen LogP contribution >= 0.6 is 24.8 Å². The number of halogens is 2. The zero-order chi connectivity index (χ0) is 19.5. The number of benzene rings is 1. The number of piperidine rings is 1. The Kier molecular flexibility index (Phi) is 8.40. The Morgan fingerprint density at radius 3 is 2.73 bits per heavy atom. The normalized spacial score (nSPS) is 15.0. The third-order valence-corrected chi connectivity index (χ3v) is 5.32. The van der Waals surface area contributed by atoms with E-state index in [0.717, 1.165) is 42.9 Å². The number of carbonyl (C=O) groups is 1. The summed E-state index contributed by atoms with van der Waals surface area (Å²) < 4.78 is 3.84. The molecule has 1 aromatic carbocycles. The van der Waals surface area contributed by atoms with Crippen molar-refractivity contribution in [2.45, 2.75) is 38.8 Å². The smallest absolute Gasteiger partial charge is 0.274 e. The lowest BCUT2D eigenvalue weighted by Gasteiger charge is -2.23. The second-order valence-corrected chi connectivity index (χ2v) is 7.21. The molecule has 3 heterocycles. The quantitative estimate of drug-likeness (QED) is 0.621. The Morgan fingerprint density at radius 1 is 1.27 bits per heavy atom. The number of nitrogens with one attached hydrogen (secondary N) is 2. The molecule has 0 radical (unpaired) electrons. The molecule has 4 rings (SSSR count). The summed E-state index contributed by atoms with van der Waals surface area (Å²) in [6.45, 7) is 5.82. The summed E-state index contributed by atoms with van der Waals surface area (Å²) in [5, 5.41) is 14.8. The van der Waals surface area contributed by atoms with Gasteiger partial charge in [-0.1, -0.05) is 17.3 Å². The van der Waals surface area contributed by atoms with Crippen molar-refractivity contribution in [3.8, 4) is 5.69 Å². The van der Waals surface area contributed by atoms with E-state index < -0.39 is 0 Å². The maximum Gasteiger partial charge on any atom is 0.274 e. The molecule has 10 heteroatoms. The van der Waals surface area contributed by atoms with Crippen LogP contribution in [0.25, 0.3) is 5.69 Å². The van der Waals surface area contributed by atoms with Gasteiger partial charge in [0, 0.05) is 18.1 Å². The summed E-state index contributed by atoms with van der Waals surface area (Å²) >= 11 is 0. The van der Waals surface area contributed by atoms with E-state index in [1.54, 1.807) is 12.5 Å². The number of nitrogens with zero attached hydrogens (tertiary/aromatic N) is 5. The summed E-state index contributed by atoms with van der Waals surface area (Å²) in [6, 6.07) is 8.19. The molecule has 1 aliphatic rings. The molecule has 1 atom stereocenters.